The van der Waals surface area contributed by atoms with Crippen LogP contribution in [0.5, 0.6) is 0 Å². The summed E-state index contributed by atoms with van der Waals surface area (Å²) in [5.41, 5.74) is 0.444. The Balaban J connectivity index is 3.21. The number of carboxylic acid groups (broad SMARTS) is 1. The summed E-state index contributed by atoms with van der Waals surface area (Å²) < 4.78 is 13.3. The van der Waals surface area contributed by atoms with Gasteiger partial charge in [-0.25, -0.2) is 4.39 Å². The number of hydrogen-bond acceptors (Lipinski definition) is 2. The first kappa shape index (κ1) is 11.5. The van der Waals surface area contributed by atoms with Crippen molar-refractivity contribution in [1.29, 1.82) is 5.26 Å². The van der Waals surface area contributed by atoms with Gasteiger partial charge in [0.05, 0.1) is 23.9 Å². The smallest absolute Gasteiger partial charge is 0.307 e. The quantitative estimate of drug-likeness (QED) is 0.804. The number of carboxylic acids is 1. The second-order valence-electron chi connectivity index (χ2n) is 2.92. The Labute approximate surface area is 90.7 Å². The van der Waals surface area contributed by atoms with Crippen LogP contribution in [0.1, 0.15) is 16.7 Å². The Morgan fingerprint density at radius 3 is 2.73 bits per heavy atom. The number of benzene rings is 1. The fraction of sp³-hybridized carbons (Fsp3) is 0.200. The van der Waals surface area contributed by atoms with Gasteiger partial charge in [-0.2, -0.15) is 5.26 Å². The van der Waals surface area contributed by atoms with Crippen LogP contribution in [0.2, 0.25) is 0 Å². The maximum atomic E-state index is 13.3. The van der Waals surface area contributed by atoms with Crippen molar-refractivity contribution in [2.45, 2.75) is 12.3 Å². The molecular formula is C10H7ClFNO2. The molecule has 0 amide bonds. The molecule has 0 saturated carbocycles. The summed E-state index contributed by atoms with van der Waals surface area (Å²) in [6.45, 7) is 0. The molecule has 0 bridgehead atoms. The van der Waals surface area contributed by atoms with Crippen molar-refractivity contribution in [2.24, 2.45) is 0 Å². The van der Waals surface area contributed by atoms with Gasteiger partial charge in [0.15, 0.2) is 0 Å². The van der Waals surface area contributed by atoms with Crippen molar-refractivity contribution in [1.82, 2.24) is 0 Å². The summed E-state index contributed by atoms with van der Waals surface area (Å²) in [4.78, 5) is 10.4. The summed E-state index contributed by atoms with van der Waals surface area (Å²) in [5.74, 6) is -1.82. The van der Waals surface area contributed by atoms with Gasteiger partial charge in [-0.3, -0.25) is 4.79 Å². The van der Waals surface area contributed by atoms with Gasteiger partial charge in [0.25, 0.3) is 0 Å². The third-order valence-electron chi connectivity index (χ3n) is 1.86. The van der Waals surface area contributed by atoms with Crippen molar-refractivity contribution in [3.05, 3.63) is 34.6 Å². The molecule has 3 nitrogen and oxygen atoms in total. The first-order valence-electron chi connectivity index (χ1n) is 4.07. The zero-order chi connectivity index (χ0) is 11.4. The lowest BCUT2D eigenvalue weighted by atomic mass is 10.0. The van der Waals surface area contributed by atoms with E-state index in [1.807, 2.05) is 0 Å². The van der Waals surface area contributed by atoms with E-state index in [0.29, 0.717) is 0 Å². The van der Waals surface area contributed by atoms with Crippen molar-refractivity contribution >= 4 is 17.6 Å². The molecule has 1 N–H and O–H groups in total. The van der Waals surface area contributed by atoms with Crippen LogP contribution < -0.4 is 0 Å². The second kappa shape index (κ2) is 4.76. The SMILES string of the molecule is N#Cc1cc(CC(=O)O)cc(F)c1CCl. The summed E-state index contributed by atoms with van der Waals surface area (Å²) in [5, 5.41) is 17.2. The molecule has 0 saturated heterocycles. The van der Waals surface area contributed by atoms with Gasteiger partial charge >= 0.3 is 5.97 Å². The van der Waals surface area contributed by atoms with Gasteiger partial charge in [0.1, 0.15) is 5.82 Å². The Hall–Kier alpha value is -1.60. The number of aliphatic carboxylic acids is 1. The number of carbonyl (C=O) groups is 1. The van der Waals surface area contributed by atoms with Crippen LogP contribution in [-0.2, 0) is 17.1 Å². The molecule has 0 radical (unpaired) electrons. The fourth-order valence-corrected chi connectivity index (χ4v) is 1.48. The lowest BCUT2D eigenvalue weighted by Crippen LogP contribution is -2.03. The molecule has 5 heteroatoms. The zero-order valence-corrected chi connectivity index (χ0v) is 8.38. The number of halogens is 2. The number of rotatable bonds is 3. The van der Waals surface area contributed by atoms with E-state index in [4.69, 9.17) is 22.0 Å². The van der Waals surface area contributed by atoms with Crippen LogP contribution in [0.25, 0.3) is 0 Å². The minimum atomic E-state index is -1.07. The Bertz CT molecular complexity index is 440. The minimum Gasteiger partial charge on any atom is -0.481 e. The summed E-state index contributed by atoms with van der Waals surface area (Å²) in [6, 6.07) is 4.22. The first-order chi connectivity index (χ1) is 7.08. The second-order valence-corrected chi connectivity index (χ2v) is 3.19. The average Bonchev–Trinajstić information content (AvgIpc) is 2.15. The highest BCUT2D eigenvalue weighted by Gasteiger charge is 2.11. The molecule has 0 unspecified atom stereocenters. The predicted molar refractivity (Wildman–Crippen MR) is 52.0 cm³/mol. The van der Waals surface area contributed by atoms with Crippen molar-refractivity contribution in [2.75, 3.05) is 0 Å². The zero-order valence-electron chi connectivity index (χ0n) is 7.63. The van der Waals surface area contributed by atoms with Gasteiger partial charge in [-0.1, -0.05) is 0 Å². The fourth-order valence-electron chi connectivity index (χ4n) is 1.20. The number of alkyl halides is 1. The molecule has 15 heavy (non-hydrogen) atoms. The molecule has 0 spiro atoms. The van der Waals surface area contributed by atoms with Crippen molar-refractivity contribution in [3.8, 4) is 6.07 Å². The highest BCUT2D eigenvalue weighted by Crippen LogP contribution is 2.18. The number of nitriles is 1. The van der Waals surface area contributed by atoms with Crippen LogP contribution in [0.15, 0.2) is 12.1 Å². The molecular weight excluding hydrogens is 221 g/mol. The molecule has 0 fully saturated rings. The van der Waals surface area contributed by atoms with Gasteiger partial charge in [-0.05, 0) is 17.7 Å². The van der Waals surface area contributed by atoms with Crippen LogP contribution in [0.3, 0.4) is 0 Å². The van der Waals surface area contributed by atoms with Crippen molar-refractivity contribution in [3.63, 3.8) is 0 Å². The first-order valence-corrected chi connectivity index (χ1v) is 4.61. The molecule has 1 rings (SSSR count). The molecule has 1 aromatic carbocycles. The highest BCUT2D eigenvalue weighted by atomic mass is 35.5. The van der Waals surface area contributed by atoms with E-state index in [-0.39, 0.29) is 29.0 Å². The third kappa shape index (κ3) is 2.67. The summed E-state index contributed by atoms with van der Waals surface area (Å²) >= 11 is 5.47. The molecule has 0 aliphatic rings. The Morgan fingerprint density at radius 1 is 1.60 bits per heavy atom. The van der Waals surface area contributed by atoms with Crippen LogP contribution in [0, 0.1) is 17.1 Å². The van der Waals surface area contributed by atoms with E-state index < -0.39 is 11.8 Å². The minimum absolute atomic E-state index is 0.0845. The lowest BCUT2D eigenvalue weighted by Gasteiger charge is -2.04. The summed E-state index contributed by atoms with van der Waals surface area (Å²) in [7, 11) is 0. The molecule has 78 valence electrons. The van der Waals surface area contributed by atoms with Gasteiger partial charge < -0.3 is 5.11 Å². The Kier molecular flexibility index (Phi) is 3.64. The largest absolute Gasteiger partial charge is 0.481 e. The molecule has 0 aliphatic carbocycles. The lowest BCUT2D eigenvalue weighted by molar-refractivity contribution is -0.136. The maximum absolute atomic E-state index is 13.3. The number of hydrogen-bond donors (Lipinski definition) is 1. The highest BCUT2D eigenvalue weighted by molar-refractivity contribution is 6.17. The van der Waals surface area contributed by atoms with E-state index in [9.17, 15) is 9.18 Å². The predicted octanol–water partition coefficient (Wildman–Crippen LogP) is 2.06. The Morgan fingerprint density at radius 2 is 2.27 bits per heavy atom. The van der Waals surface area contributed by atoms with Gasteiger partial charge in [-0.15, -0.1) is 11.6 Å². The maximum Gasteiger partial charge on any atom is 0.307 e. The van der Waals surface area contributed by atoms with Crippen LogP contribution >= 0.6 is 11.6 Å². The van der Waals surface area contributed by atoms with E-state index in [0.717, 1.165) is 6.07 Å². The third-order valence-corrected chi connectivity index (χ3v) is 2.13. The molecule has 1 aromatic rings. The normalized spacial score (nSPS) is 9.67. The monoisotopic (exact) mass is 227 g/mol. The molecule has 0 aliphatic heterocycles. The van der Waals surface area contributed by atoms with Crippen molar-refractivity contribution < 1.29 is 14.3 Å². The average molecular weight is 228 g/mol. The topological polar surface area (TPSA) is 61.1 Å². The van der Waals surface area contributed by atoms with Gasteiger partial charge in [0, 0.05) is 5.56 Å². The van der Waals surface area contributed by atoms with Gasteiger partial charge in [0.2, 0.25) is 0 Å². The number of nitrogens with zero attached hydrogens (tertiary/aromatic N) is 1. The van der Waals surface area contributed by atoms with Crippen LogP contribution in [-0.4, -0.2) is 11.1 Å². The molecule has 0 heterocycles. The van der Waals surface area contributed by atoms with E-state index in [1.165, 1.54) is 6.07 Å². The van der Waals surface area contributed by atoms with E-state index in [2.05, 4.69) is 0 Å². The molecule has 0 atom stereocenters. The standard InChI is InChI=1S/C10H7ClFNO2/c11-4-8-7(5-13)1-6(2-9(8)12)3-10(14)15/h1-2H,3-4H2,(H,14,15). The van der Waals surface area contributed by atoms with E-state index >= 15 is 0 Å². The van der Waals surface area contributed by atoms with Crippen LogP contribution in [0.4, 0.5) is 4.39 Å². The van der Waals surface area contributed by atoms with E-state index in [1.54, 1.807) is 6.07 Å². The molecule has 0 aromatic heterocycles. The summed E-state index contributed by atoms with van der Waals surface area (Å²) in [6.07, 6.45) is -0.311.